The third kappa shape index (κ3) is 3.81. The van der Waals surface area contributed by atoms with Crippen molar-refractivity contribution in [1.82, 2.24) is 29.9 Å². The number of methoxy groups -OCH3 is 1. The highest BCUT2D eigenvalue weighted by Crippen LogP contribution is 2.53. The summed E-state index contributed by atoms with van der Waals surface area (Å²) in [6.07, 6.45) is 12.1. The molecule has 3 aromatic rings. The van der Waals surface area contributed by atoms with Gasteiger partial charge in [0, 0.05) is 17.8 Å². The second kappa shape index (κ2) is 8.01. The van der Waals surface area contributed by atoms with Gasteiger partial charge in [-0.1, -0.05) is 11.3 Å². The predicted octanol–water partition coefficient (Wildman–Crippen LogP) is 3.39. The lowest BCUT2D eigenvalue weighted by Gasteiger charge is -2.54. The highest BCUT2D eigenvalue weighted by molar-refractivity contribution is 5.76. The van der Waals surface area contributed by atoms with Gasteiger partial charge in [-0.2, -0.15) is 0 Å². The van der Waals surface area contributed by atoms with Crippen LogP contribution in [0.15, 0.2) is 36.9 Å². The molecule has 172 valence electrons. The first-order chi connectivity index (χ1) is 16.1. The molecule has 0 spiro atoms. The first-order valence-corrected chi connectivity index (χ1v) is 11.9. The van der Waals surface area contributed by atoms with Crippen molar-refractivity contribution in [1.29, 1.82) is 0 Å². The minimum atomic E-state index is 0.0346. The summed E-state index contributed by atoms with van der Waals surface area (Å²) in [5.74, 6) is 3.90. The Morgan fingerprint density at radius 1 is 1.12 bits per heavy atom. The summed E-state index contributed by atoms with van der Waals surface area (Å²) in [6, 6.07) is 6.24. The second-order valence-electron chi connectivity index (χ2n) is 10.1. The molecule has 8 heteroatoms. The molecule has 0 atom stereocenters. The van der Waals surface area contributed by atoms with Gasteiger partial charge >= 0.3 is 0 Å². The fourth-order valence-electron chi connectivity index (χ4n) is 6.65. The maximum atomic E-state index is 12.8. The molecule has 7 rings (SSSR count). The Labute approximate surface area is 193 Å². The Morgan fingerprint density at radius 3 is 2.55 bits per heavy atom. The van der Waals surface area contributed by atoms with E-state index in [1.54, 1.807) is 18.1 Å². The Morgan fingerprint density at radius 2 is 1.88 bits per heavy atom. The summed E-state index contributed by atoms with van der Waals surface area (Å²) in [7, 11) is 1.65. The van der Waals surface area contributed by atoms with E-state index in [1.165, 1.54) is 32.1 Å². The third-order valence-electron chi connectivity index (χ3n) is 7.86. The van der Waals surface area contributed by atoms with E-state index in [0.717, 1.165) is 34.5 Å². The van der Waals surface area contributed by atoms with Gasteiger partial charge in [0.1, 0.15) is 18.0 Å². The zero-order valence-electron chi connectivity index (χ0n) is 19.1. The van der Waals surface area contributed by atoms with Crippen LogP contribution in [0.2, 0.25) is 0 Å². The molecule has 2 aromatic heterocycles. The Hall–Kier alpha value is -3.16. The molecule has 0 saturated heterocycles. The van der Waals surface area contributed by atoms with E-state index < -0.39 is 0 Å². The molecule has 1 aromatic carbocycles. The number of nitrogens with zero attached hydrogens (tertiary/aromatic N) is 5. The van der Waals surface area contributed by atoms with Crippen LogP contribution < -0.4 is 10.1 Å². The van der Waals surface area contributed by atoms with Crippen molar-refractivity contribution in [3.63, 3.8) is 0 Å². The summed E-state index contributed by atoms with van der Waals surface area (Å²) >= 11 is 0. The fraction of sp³-hybridized carbons (Fsp3) is 0.520. The highest BCUT2D eigenvalue weighted by Gasteiger charge is 2.48. The number of rotatable bonds is 6. The number of aryl methyl sites for hydroxylation is 1. The molecule has 4 aliphatic carbocycles. The fourth-order valence-corrected chi connectivity index (χ4v) is 6.65. The minimum absolute atomic E-state index is 0.0346. The van der Waals surface area contributed by atoms with E-state index in [-0.39, 0.29) is 12.5 Å². The number of carbonyl (C=O) groups is 1. The largest absolute Gasteiger partial charge is 0.495 e. The van der Waals surface area contributed by atoms with E-state index in [1.807, 2.05) is 42.1 Å². The van der Waals surface area contributed by atoms with Crippen LogP contribution in [0.3, 0.4) is 0 Å². The maximum absolute atomic E-state index is 12.8. The van der Waals surface area contributed by atoms with Crippen LogP contribution in [-0.4, -0.2) is 43.6 Å². The summed E-state index contributed by atoms with van der Waals surface area (Å²) in [5, 5.41) is 11.9. The second-order valence-corrected chi connectivity index (χ2v) is 10.1. The van der Waals surface area contributed by atoms with Gasteiger partial charge in [0.25, 0.3) is 0 Å². The Bertz CT molecular complexity index is 1150. The van der Waals surface area contributed by atoms with Crippen LogP contribution in [0.4, 0.5) is 0 Å². The topological polar surface area (TPSA) is 86.9 Å². The minimum Gasteiger partial charge on any atom is -0.495 e. The van der Waals surface area contributed by atoms with Crippen molar-refractivity contribution >= 4 is 5.91 Å². The third-order valence-corrected chi connectivity index (χ3v) is 7.86. The standard InChI is InChI=1S/C25H30N6O2/c1-15-11-30(14-26-15)22-4-3-18(10-23(22)33-2)21-12-31(29-28-21)13-24(32)27-25-19-6-16-5-17(8-19)9-20(25)7-16/h3-4,10-12,14,16-17,19-20,25H,5-9,13H2,1-2H3,(H,27,32). The van der Waals surface area contributed by atoms with Gasteiger partial charge in [-0.05, 0) is 74.8 Å². The maximum Gasteiger partial charge on any atom is 0.242 e. The monoisotopic (exact) mass is 446 g/mol. The summed E-state index contributed by atoms with van der Waals surface area (Å²) in [6.45, 7) is 2.15. The number of hydrogen-bond donors (Lipinski definition) is 1. The lowest BCUT2D eigenvalue weighted by atomic mass is 9.54. The normalized spacial score (nSPS) is 27.6. The quantitative estimate of drug-likeness (QED) is 0.627. The average molecular weight is 447 g/mol. The van der Waals surface area contributed by atoms with Gasteiger partial charge in [0.15, 0.2) is 0 Å². The summed E-state index contributed by atoms with van der Waals surface area (Å²) < 4.78 is 9.17. The average Bonchev–Trinajstić information content (AvgIpc) is 3.44. The first-order valence-electron chi connectivity index (χ1n) is 11.9. The van der Waals surface area contributed by atoms with Crippen LogP contribution in [0.5, 0.6) is 5.75 Å². The molecule has 1 amide bonds. The van der Waals surface area contributed by atoms with Crippen molar-refractivity contribution in [3.05, 3.63) is 42.6 Å². The Balaban J connectivity index is 1.14. The van der Waals surface area contributed by atoms with Gasteiger partial charge in [0.2, 0.25) is 5.91 Å². The number of hydrogen-bond acceptors (Lipinski definition) is 5. The van der Waals surface area contributed by atoms with Crippen molar-refractivity contribution < 1.29 is 9.53 Å². The zero-order valence-corrected chi connectivity index (χ0v) is 19.1. The molecule has 0 radical (unpaired) electrons. The number of amides is 1. The lowest BCUT2D eigenvalue weighted by Crippen LogP contribution is -2.56. The van der Waals surface area contributed by atoms with Crippen molar-refractivity contribution in [3.8, 4) is 22.7 Å². The van der Waals surface area contributed by atoms with E-state index in [9.17, 15) is 4.79 Å². The van der Waals surface area contributed by atoms with E-state index in [2.05, 4.69) is 20.6 Å². The van der Waals surface area contributed by atoms with E-state index in [4.69, 9.17) is 4.74 Å². The van der Waals surface area contributed by atoms with Gasteiger partial charge in [-0.15, -0.1) is 5.10 Å². The molecular formula is C25H30N6O2. The van der Waals surface area contributed by atoms with Crippen LogP contribution in [0, 0.1) is 30.6 Å². The SMILES string of the molecule is COc1cc(-c2cn(CC(=O)NC3C4CC5CC(C4)CC3C5)nn2)ccc1-n1cnc(C)c1. The zero-order chi connectivity index (χ0) is 22.5. The van der Waals surface area contributed by atoms with Crippen molar-refractivity contribution in [2.75, 3.05) is 7.11 Å². The van der Waals surface area contributed by atoms with Crippen molar-refractivity contribution in [2.24, 2.45) is 23.7 Å². The van der Waals surface area contributed by atoms with Gasteiger partial charge in [0.05, 0.1) is 31.0 Å². The molecule has 4 fully saturated rings. The molecule has 0 unspecified atom stereocenters. The van der Waals surface area contributed by atoms with Gasteiger partial charge in [-0.25, -0.2) is 9.67 Å². The van der Waals surface area contributed by atoms with Crippen LogP contribution in [0.1, 0.15) is 37.8 Å². The van der Waals surface area contributed by atoms with Crippen LogP contribution >= 0.6 is 0 Å². The first kappa shape index (κ1) is 20.4. The number of imidazole rings is 1. The Kier molecular flexibility index (Phi) is 4.96. The van der Waals surface area contributed by atoms with Gasteiger partial charge in [-0.3, -0.25) is 4.79 Å². The van der Waals surface area contributed by atoms with Crippen molar-refractivity contribution in [2.45, 2.75) is 51.6 Å². The number of carbonyl (C=O) groups excluding carboxylic acids is 1. The number of nitrogens with one attached hydrogen (secondary N) is 1. The van der Waals surface area contributed by atoms with E-state index >= 15 is 0 Å². The number of ether oxygens (including phenoxy) is 1. The lowest BCUT2D eigenvalue weighted by molar-refractivity contribution is -0.125. The van der Waals surface area contributed by atoms with Crippen LogP contribution in [-0.2, 0) is 11.3 Å². The molecule has 4 saturated carbocycles. The number of benzene rings is 1. The number of aromatic nitrogens is 5. The molecule has 8 nitrogen and oxygen atoms in total. The van der Waals surface area contributed by atoms with Gasteiger partial charge < -0.3 is 14.6 Å². The smallest absolute Gasteiger partial charge is 0.242 e. The van der Waals surface area contributed by atoms with E-state index in [0.29, 0.717) is 23.6 Å². The molecule has 33 heavy (non-hydrogen) atoms. The molecule has 1 N–H and O–H groups in total. The summed E-state index contributed by atoms with van der Waals surface area (Å²) in [4.78, 5) is 17.1. The molecule has 0 aliphatic heterocycles. The molecule has 2 heterocycles. The van der Waals surface area contributed by atoms with Crippen LogP contribution in [0.25, 0.3) is 16.9 Å². The highest BCUT2D eigenvalue weighted by atomic mass is 16.5. The summed E-state index contributed by atoms with van der Waals surface area (Å²) in [5.41, 5.74) is 3.45. The predicted molar refractivity (Wildman–Crippen MR) is 123 cm³/mol. The molecular weight excluding hydrogens is 416 g/mol. The molecule has 4 aliphatic rings. The molecule has 4 bridgehead atoms.